The van der Waals surface area contributed by atoms with Crippen LogP contribution in [0, 0.1) is 5.92 Å². The van der Waals surface area contributed by atoms with Crippen molar-refractivity contribution in [3.05, 3.63) is 18.5 Å². The number of hydrogen-bond donors (Lipinski definition) is 1. The Morgan fingerprint density at radius 1 is 1.26 bits per heavy atom. The molecule has 6 nitrogen and oxygen atoms in total. The van der Waals surface area contributed by atoms with Crippen molar-refractivity contribution < 1.29 is 9.53 Å². The lowest BCUT2D eigenvalue weighted by Crippen LogP contribution is -2.52. The van der Waals surface area contributed by atoms with Crippen molar-refractivity contribution >= 4 is 30.7 Å². The van der Waals surface area contributed by atoms with Crippen molar-refractivity contribution in [3.63, 3.8) is 0 Å². The van der Waals surface area contributed by atoms with E-state index < -0.39 is 0 Å². The first-order valence-corrected chi connectivity index (χ1v) is 7.87. The normalized spacial score (nSPS) is 23.5. The van der Waals surface area contributed by atoms with E-state index in [1.165, 1.54) is 0 Å². The number of aromatic nitrogens is 2. The number of halogens is 2. The molecule has 1 aromatic rings. The summed E-state index contributed by atoms with van der Waals surface area (Å²) in [4.78, 5) is 14.6. The SMILES string of the molecule is Cl.Cl.NC(C(=O)N1CCCC(n2cccn2)C1)C1CCOCC1. The van der Waals surface area contributed by atoms with E-state index in [4.69, 9.17) is 10.5 Å². The monoisotopic (exact) mass is 364 g/mol. The minimum atomic E-state index is -0.384. The van der Waals surface area contributed by atoms with Gasteiger partial charge in [0.05, 0.1) is 12.1 Å². The molecular formula is C15H26Cl2N4O2. The molecule has 8 heteroatoms. The Morgan fingerprint density at radius 2 is 2.00 bits per heavy atom. The van der Waals surface area contributed by atoms with Gasteiger partial charge in [0.1, 0.15) is 0 Å². The molecule has 2 N–H and O–H groups in total. The van der Waals surface area contributed by atoms with Gasteiger partial charge in [0.25, 0.3) is 0 Å². The van der Waals surface area contributed by atoms with Gasteiger partial charge in [-0.05, 0) is 37.7 Å². The predicted molar refractivity (Wildman–Crippen MR) is 93.1 cm³/mol. The summed E-state index contributed by atoms with van der Waals surface area (Å²) in [5, 5.41) is 4.30. The smallest absolute Gasteiger partial charge is 0.239 e. The number of rotatable bonds is 3. The number of nitrogens with zero attached hydrogens (tertiary/aromatic N) is 3. The molecule has 3 heterocycles. The summed E-state index contributed by atoms with van der Waals surface area (Å²) in [5.74, 6) is 0.357. The summed E-state index contributed by atoms with van der Waals surface area (Å²) in [6.07, 6.45) is 7.62. The Hall–Kier alpha value is -0.820. The Morgan fingerprint density at radius 3 is 2.65 bits per heavy atom. The van der Waals surface area contributed by atoms with Gasteiger partial charge in [0.15, 0.2) is 0 Å². The molecule has 0 spiro atoms. The molecule has 0 radical (unpaired) electrons. The van der Waals surface area contributed by atoms with Crippen LogP contribution in [0.15, 0.2) is 18.5 Å². The summed E-state index contributed by atoms with van der Waals surface area (Å²) < 4.78 is 7.31. The highest BCUT2D eigenvalue weighted by Crippen LogP contribution is 2.24. The molecule has 2 aliphatic rings. The lowest BCUT2D eigenvalue weighted by atomic mass is 9.91. The van der Waals surface area contributed by atoms with E-state index in [2.05, 4.69) is 5.10 Å². The molecule has 132 valence electrons. The van der Waals surface area contributed by atoms with E-state index in [0.29, 0.717) is 0 Å². The molecule has 2 saturated heterocycles. The van der Waals surface area contributed by atoms with Crippen LogP contribution in [-0.2, 0) is 9.53 Å². The summed E-state index contributed by atoms with van der Waals surface area (Å²) in [6.45, 7) is 2.98. The maximum atomic E-state index is 12.6. The maximum absolute atomic E-state index is 12.6. The highest BCUT2D eigenvalue weighted by Gasteiger charge is 2.32. The third-order valence-corrected chi connectivity index (χ3v) is 4.67. The second-order valence-electron chi connectivity index (χ2n) is 6.04. The fourth-order valence-corrected chi connectivity index (χ4v) is 3.35. The number of nitrogens with two attached hydrogens (primary N) is 1. The zero-order valence-electron chi connectivity index (χ0n) is 13.2. The predicted octanol–water partition coefficient (Wildman–Crippen LogP) is 1.64. The van der Waals surface area contributed by atoms with Crippen LogP contribution in [0.25, 0.3) is 0 Å². The molecule has 0 aliphatic carbocycles. The zero-order chi connectivity index (χ0) is 14.7. The number of hydrogen-bond acceptors (Lipinski definition) is 4. The quantitative estimate of drug-likeness (QED) is 0.884. The molecule has 0 aromatic carbocycles. The fraction of sp³-hybridized carbons (Fsp3) is 0.733. The Kier molecular flexibility index (Phi) is 8.33. The molecule has 2 fully saturated rings. The van der Waals surface area contributed by atoms with Crippen LogP contribution < -0.4 is 5.73 Å². The standard InChI is InChI=1S/C15H24N4O2.2ClH/c16-14(12-4-9-21-10-5-12)15(20)18-7-1-3-13(11-18)19-8-2-6-17-19;;/h2,6,8,12-14H,1,3-5,7,9-11,16H2;2*1H. The number of likely N-dealkylation sites (tertiary alicyclic amines) is 1. The fourth-order valence-electron chi connectivity index (χ4n) is 3.35. The van der Waals surface area contributed by atoms with E-state index in [1.54, 1.807) is 6.20 Å². The number of piperidine rings is 1. The molecule has 2 aliphatic heterocycles. The molecule has 0 bridgehead atoms. The number of ether oxygens (including phenoxy) is 1. The molecule has 3 rings (SSSR count). The van der Waals surface area contributed by atoms with E-state index in [1.807, 2.05) is 21.8 Å². The molecule has 2 unspecified atom stereocenters. The van der Waals surface area contributed by atoms with Gasteiger partial charge >= 0.3 is 0 Å². The highest BCUT2D eigenvalue weighted by molar-refractivity contribution is 5.85. The number of carbonyl (C=O) groups excluding carboxylic acids is 1. The van der Waals surface area contributed by atoms with Crippen LogP contribution in [0.4, 0.5) is 0 Å². The third-order valence-electron chi connectivity index (χ3n) is 4.67. The number of carbonyl (C=O) groups is 1. The van der Waals surface area contributed by atoms with Crippen molar-refractivity contribution in [1.82, 2.24) is 14.7 Å². The summed E-state index contributed by atoms with van der Waals surface area (Å²) in [7, 11) is 0. The highest BCUT2D eigenvalue weighted by atomic mass is 35.5. The van der Waals surface area contributed by atoms with Gasteiger partial charge in [0, 0.05) is 38.7 Å². The molecule has 0 saturated carbocycles. The van der Waals surface area contributed by atoms with E-state index in [9.17, 15) is 4.79 Å². The molecule has 23 heavy (non-hydrogen) atoms. The second kappa shape index (κ2) is 9.47. The van der Waals surface area contributed by atoms with E-state index in [0.717, 1.165) is 52.0 Å². The molecular weight excluding hydrogens is 339 g/mol. The summed E-state index contributed by atoms with van der Waals surface area (Å²) in [5.41, 5.74) is 6.22. The lowest BCUT2D eigenvalue weighted by Gasteiger charge is -2.36. The minimum absolute atomic E-state index is 0. The molecule has 1 amide bonds. The van der Waals surface area contributed by atoms with Crippen LogP contribution in [-0.4, -0.2) is 52.9 Å². The largest absolute Gasteiger partial charge is 0.381 e. The Labute approximate surface area is 149 Å². The average Bonchev–Trinajstić information content (AvgIpc) is 3.09. The summed E-state index contributed by atoms with van der Waals surface area (Å²) >= 11 is 0. The van der Waals surface area contributed by atoms with Gasteiger partial charge in [-0.2, -0.15) is 5.10 Å². The third kappa shape index (κ3) is 4.83. The minimum Gasteiger partial charge on any atom is -0.381 e. The Bertz CT molecular complexity index is 466. The number of amides is 1. The molecule has 2 atom stereocenters. The first kappa shape index (κ1) is 20.2. The van der Waals surface area contributed by atoms with Gasteiger partial charge in [-0.1, -0.05) is 0 Å². The zero-order valence-corrected chi connectivity index (χ0v) is 14.8. The second-order valence-corrected chi connectivity index (χ2v) is 6.04. The topological polar surface area (TPSA) is 73.4 Å². The van der Waals surface area contributed by atoms with Crippen molar-refractivity contribution in [1.29, 1.82) is 0 Å². The van der Waals surface area contributed by atoms with Gasteiger partial charge < -0.3 is 15.4 Å². The van der Waals surface area contributed by atoms with Gasteiger partial charge in [0.2, 0.25) is 5.91 Å². The van der Waals surface area contributed by atoms with Crippen LogP contribution in [0.1, 0.15) is 31.7 Å². The first-order valence-electron chi connectivity index (χ1n) is 7.87. The molecule has 1 aromatic heterocycles. The van der Waals surface area contributed by atoms with Crippen molar-refractivity contribution in [2.24, 2.45) is 11.7 Å². The van der Waals surface area contributed by atoms with Crippen LogP contribution in [0.3, 0.4) is 0 Å². The van der Waals surface area contributed by atoms with Crippen molar-refractivity contribution in [3.8, 4) is 0 Å². The summed E-state index contributed by atoms with van der Waals surface area (Å²) in [6, 6.07) is 1.82. The van der Waals surface area contributed by atoms with Gasteiger partial charge in [-0.15, -0.1) is 24.8 Å². The first-order chi connectivity index (χ1) is 10.3. The Balaban J connectivity index is 0.00000132. The lowest BCUT2D eigenvalue weighted by molar-refractivity contribution is -0.136. The average molecular weight is 365 g/mol. The van der Waals surface area contributed by atoms with Crippen LogP contribution in [0.5, 0.6) is 0 Å². The van der Waals surface area contributed by atoms with Crippen LogP contribution >= 0.6 is 24.8 Å². The van der Waals surface area contributed by atoms with E-state index >= 15 is 0 Å². The van der Waals surface area contributed by atoms with Crippen LogP contribution in [0.2, 0.25) is 0 Å². The van der Waals surface area contributed by atoms with Crippen molar-refractivity contribution in [2.75, 3.05) is 26.3 Å². The van der Waals surface area contributed by atoms with Gasteiger partial charge in [-0.3, -0.25) is 9.48 Å². The van der Waals surface area contributed by atoms with Crippen molar-refractivity contribution in [2.45, 2.75) is 37.8 Å². The van der Waals surface area contributed by atoms with E-state index in [-0.39, 0.29) is 48.7 Å². The van der Waals surface area contributed by atoms with Gasteiger partial charge in [-0.25, -0.2) is 0 Å². The maximum Gasteiger partial charge on any atom is 0.239 e.